The van der Waals surface area contributed by atoms with Crippen LogP contribution >= 0.6 is 11.3 Å². The van der Waals surface area contributed by atoms with Crippen molar-refractivity contribution in [3.8, 4) is 0 Å². The van der Waals surface area contributed by atoms with Crippen molar-refractivity contribution < 1.29 is 4.39 Å². The molecule has 0 saturated carbocycles. The standard InChI is InChI=1S/C21H21FN4S/c1-24(2)21-23-17-11-14(5-7-20(17)27-21)26-9-8-19-16(12-26)15-10-13(22)4-6-18(15)25(19)3/h4-7,10-11H,8-9,12H2,1-3H3. The molecule has 0 spiro atoms. The molecule has 4 nitrogen and oxygen atoms in total. The Kier molecular flexibility index (Phi) is 3.65. The van der Waals surface area contributed by atoms with Crippen molar-refractivity contribution in [1.82, 2.24) is 9.55 Å². The van der Waals surface area contributed by atoms with E-state index in [1.807, 2.05) is 25.1 Å². The number of thiazole rings is 1. The van der Waals surface area contributed by atoms with Gasteiger partial charge in [0.05, 0.1) is 10.2 Å². The molecule has 0 aliphatic carbocycles. The van der Waals surface area contributed by atoms with Gasteiger partial charge in [0, 0.05) is 68.5 Å². The fourth-order valence-corrected chi connectivity index (χ4v) is 4.93. The third kappa shape index (κ3) is 2.58. The van der Waals surface area contributed by atoms with E-state index in [0.29, 0.717) is 0 Å². The zero-order chi connectivity index (χ0) is 18.7. The van der Waals surface area contributed by atoms with Crippen LogP contribution in [0.4, 0.5) is 15.2 Å². The van der Waals surface area contributed by atoms with Crippen LogP contribution in [0.15, 0.2) is 36.4 Å². The molecule has 5 rings (SSSR count). The minimum absolute atomic E-state index is 0.173. The van der Waals surface area contributed by atoms with E-state index in [9.17, 15) is 4.39 Å². The molecule has 0 amide bonds. The maximum Gasteiger partial charge on any atom is 0.185 e. The minimum atomic E-state index is -0.173. The molecule has 0 saturated heterocycles. The second-order valence-electron chi connectivity index (χ2n) is 7.36. The van der Waals surface area contributed by atoms with E-state index in [1.165, 1.54) is 21.6 Å². The summed E-state index contributed by atoms with van der Waals surface area (Å²) in [5.74, 6) is -0.173. The van der Waals surface area contributed by atoms with Crippen LogP contribution in [0, 0.1) is 5.82 Å². The van der Waals surface area contributed by atoms with Gasteiger partial charge in [-0.25, -0.2) is 9.37 Å². The third-order valence-electron chi connectivity index (χ3n) is 5.47. The molecule has 1 aliphatic rings. The van der Waals surface area contributed by atoms with Crippen molar-refractivity contribution >= 4 is 43.3 Å². The summed E-state index contributed by atoms with van der Waals surface area (Å²) in [7, 11) is 6.12. The SMILES string of the molecule is CN(C)c1nc2cc(N3CCc4c(c5cc(F)ccc5n4C)C3)ccc2s1. The smallest absolute Gasteiger partial charge is 0.185 e. The van der Waals surface area contributed by atoms with Gasteiger partial charge in [-0.3, -0.25) is 0 Å². The first-order valence-corrected chi connectivity index (χ1v) is 9.91. The molecule has 3 heterocycles. The number of hydrogen-bond donors (Lipinski definition) is 0. The van der Waals surface area contributed by atoms with Crippen LogP contribution < -0.4 is 9.80 Å². The fourth-order valence-electron chi connectivity index (χ4n) is 4.06. The van der Waals surface area contributed by atoms with E-state index >= 15 is 0 Å². The number of fused-ring (bicyclic) bond motifs is 4. The van der Waals surface area contributed by atoms with Gasteiger partial charge in [0.25, 0.3) is 0 Å². The zero-order valence-corrected chi connectivity index (χ0v) is 16.5. The van der Waals surface area contributed by atoms with E-state index in [4.69, 9.17) is 4.98 Å². The predicted octanol–water partition coefficient (Wildman–Crippen LogP) is 4.56. The Morgan fingerprint density at radius 1 is 1.15 bits per heavy atom. The second kappa shape index (κ2) is 5.96. The number of hydrogen-bond acceptors (Lipinski definition) is 4. The molecule has 6 heteroatoms. The summed E-state index contributed by atoms with van der Waals surface area (Å²) in [6.07, 6.45) is 0.959. The van der Waals surface area contributed by atoms with Crippen molar-refractivity contribution in [2.75, 3.05) is 30.4 Å². The van der Waals surface area contributed by atoms with Gasteiger partial charge in [0.1, 0.15) is 5.82 Å². The van der Waals surface area contributed by atoms with Crippen molar-refractivity contribution in [3.05, 3.63) is 53.5 Å². The first-order chi connectivity index (χ1) is 13.0. The normalized spacial score (nSPS) is 14.1. The lowest BCUT2D eigenvalue weighted by Gasteiger charge is -2.30. The second-order valence-corrected chi connectivity index (χ2v) is 8.37. The lowest BCUT2D eigenvalue weighted by molar-refractivity contribution is 0.629. The van der Waals surface area contributed by atoms with Gasteiger partial charge in [-0.05, 0) is 36.4 Å². The van der Waals surface area contributed by atoms with E-state index < -0.39 is 0 Å². The summed E-state index contributed by atoms with van der Waals surface area (Å²) < 4.78 is 17.3. The highest BCUT2D eigenvalue weighted by Crippen LogP contribution is 2.35. The van der Waals surface area contributed by atoms with Crippen molar-refractivity contribution in [3.63, 3.8) is 0 Å². The van der Waals surface area contributed by atoms with Crippen LogP contribution in [-0.4, -0.2) is 30.2 Å². The molecular weight excluding hydrogens is 359 g/mol. The van der Waals surface area contributed by atoms with Crippen LogP contribution in [0.2, 0.25) is 0 Å². The molecule has 2 aromatic heterocycles. The van der Waals surface area contributed by atoms with Crippen molar-refractivity contribution in [2.45, 2.75) is 13.0 Å². The number of benzene rings is 2. The average molecular weight is 380 g/mol. The number of halogens is 1. The van der Waals surface area contributed by atoms with E-state index in [2.05, 4.69) is 34.7 Å². The predicted molar refractivity (Wildman–Crippen MR) is 112 cm³/mol. The summed E-state index contributed by atoms with van der Waals surface area (Å²) in [6, 6.07) is 11.6. The number of aryl methyl sites for hydroxylation is 1. The summed E-state index contributed by atoms with van der Waals surface area (Å²) in [5, 5.41) is 2.05. The molecule has 0 fully saturated rings. The number of anilines is 2. The third-order valence-corrected chi connectivity index (χ3v) is 6.68. The van der Waals surface area contributed by atoms with Gasteiger partial charge in [-0.1, -0.05) is 11.3 Å². The van der Waals surface area contributed by atoms with Gasteiger partial charge in [-0.15, -0.1) is 0 Å². The molecule has 2 aromatic carbocycles. The Labute approximate surface area is 161 Å². The number of rotatable bonds is 2. The number of nitrogens with zero attached hydrogens (tertiary/aromatic N) is 4. The van der Waals surface area contributed by atoms with Gasteiger partial charge < -0.3 is 14.4 Å². The van der Waals surface area contributed by atoms with Crippen molar-refractivity contribution in [1.29, 1.82) is 0 Å². The fraction of sp³-hybridized carbons (Fsp3) is 0.286. The van der Waals surface area contributed by atoms with Crippen LogP contribution in [0.1, 0.15) is 11.3 Å². The molecule has 0 radical (unpaired) electrons. The molecule has 4 aromatic rings. The molecule has 0 atom stereocenters. The number of aromatic nitrogens is 2. The highest BCUT2D eigenvalue weighted by atomic mass is 32.1. The highest BCUT2D eigenvalue weighted by Gasteiger charge is 2.23. The van der Waals surface area contributed by atoms with Gasteiger partial charge in [-0.2, -0.15) is 0 Å². The van der Waals surface area contributed by atoms with Crippen LogP contribution in [0.3, 0.4) is 0 Å². The van der Waals surface area contributed by atoms with Crippen molar-refractivity contribution in [2.24, 2.45) is 7.05 Å². The topological polar surface area (TPSA) is 24.3 Å². The van der Waals surface area contributed by atoms with Gasteiger partial charge in [0.15, 0.2) is 5.13 Å². The lowest BCUT2D eigenvalue weighted by atomic mass is 10.0. The lowest BCUT2D eigenvalue weighted by Crippen LogP contribution is -2.30. The first kappa shape index (κ1) is 16.6. The molecule has 138 valence electrons. The summed E-state index contributed by atoms with van der Waals surface area (Å²) >= 11 is 1.71. The zero-order valence-electron chi connectivity index (χ0n) is 15.7. The maximum atomic E-state index is 13.8. The van der Waals surface area contributed by atoms with Crippen LogP contribution in [-0.2, 0) is 20.0 Å². The highest BCUT2D eigenvalue weighted by molar-refractivity contribution is 7.22. The summed E-state index contributed by atoms with van der Waals surface area (Å²) in [6.45, 7) is 1.75. The average Bonchev–Trinajstić information content (AvgIpc) is 3.21. The largest absolute Gasteiger partial charge is 0.367 e. The molecule has 27 heavy (non-hydrogen) atoms. The molecule has 0 bridgehead atoms. The summed E-state index contributed by atoms with van der Waals surface area (Å²) in [4.78, 5) is 9.16. The molecule has 1 aliphatic heterocycles. The van der Waals surface area contributed by atoms with Crippen LogP contribution in [0.5, 0.6) is 0 Å². The van der Waals surface area contributed by atoms with Gasteiger partial charge in [0.2, 0.25) is 0 Å². The van der Waals surface area contributed by atoms with E-state index in [0.717, 1.165) is 41.1 Å². The van der Waals surface area contributed by atoms with E-state index in [1.54, 1.807) is 23.5 Å². The molecule has 0 N–H and O–H groups in total. The van der Waals surface area contributed by atoms with E-state index in [-0.39, 0.29) is 5.82 Å². The quantitative estimate of drug-likeness (QED) is 0.510. The first-order valence-electron chi connectivity index (χ1n) is 9.10. The molecule has 0 unspecified atom stereocenters. The molecular formula is C21H21FN4S. The minimum Gasteiger partial charge on any atom is -0.367 e. The Morgan fingerprint density at radius 3 is 2.81 bits per heavy atom. The van der Waals surface area contributed by atoms with Crippen LogP contribution in [0.25, 0.3) is 21.1 Å². The Morgan fingerprint density at radius 2 is 2.00 bits per heavy atom. The maximum absolute atomic E-state index is 13.8. The van der Waals surface area contributed by atoms with Gasteiger partial charge >= 0.3 is 0 Å². The summed E-state index contributed by atoms with van der Waals surface area (Å²) in [5.41, 5.74) is 5.88. The monoisotopic (exact) mass is 380 g/mol. The Balaban J connectivity index is 1.55. The Hall–Kier alpha value is -2.60. The Bertz CT molecular complexity index is 1170.